The second kappa shape index (κ2) is 6.10. The molecule has 2 rings (SSSR count). The molecule has 1 heterocycles. The van der Waals surface area contributed by atoms with Crippen molar-refractivity contribution in [2.45, 2.75) is 26.3 Å². The summed E-state index contributed by atoms with van der Waals surface area (Å²) in [5.74, 6) is 2.64. The summed E-state index contributed by atoms with van der Waals surface area (Å²) in [7, 11) is 0. The summed E-state index contributed by atoms with van der Waals surface area (Å²) in [6.45, 7) is 2.73. The highest BCUT2D eigenvalue weighted by molar-refractivity contribution is 7.99. The van der Waals surface area contributed by atoms with Gasteiger partial charge in [0.25, 0.3) is 0 Å². The molecule has 3 heteroatoms. The van der Waals surface area contributed by atoms with Crippen LogP contribution in [0.2, 0.25) is 0 Å². The van der Waals surface area contributed by atoms with Crippen molar-refractivity contribution in [3.05, 3.63) is 35.4 Å². The SMILES string of the molecule is Cc1cccc(CNC(=O)C2CCCSC2)c1. The number of hydrogen-bond acceptors (Lipinski definition) is 2. The maximum atomic E-state index is 11.9. The first-order valence-electron chi connectivity index (χ1n) is 6.17. The van der Waals surface area contributed by atoms with E-state index in [0.717, 1.165) is 12.2 Å². The molecule has 1 aromatic carbocycles. The standard InChI is InChI=1S/C14H19NOS/c1-11-4-2-5-12(8-11)9-15-14(16)13-6-3-7-17-10-13/h2,4-5,8,13H,3,6-7,9-10H2,1H3,(H,15,16). The van der Waals surface area contributed by atoms with Gasteiger partial charge in [-0.25, -0.2) is 0 Å². The number of carbonyl (C=O) groups excluding carboxylic acids is 1. The van der Waals surface area contributed by atoms with Crippen LogP contribution in [0.4, 0.5) is 0 Å². The van der Waals surface area contributed by atoms with Gasteiger partial charge in [-0.2, -0.15) is 11.8 Å². The van der Waals surface area contributed by atoms with E-state index >= 15 is 0 Å². The molecule has 1 atom stereocenters. The molecule has 0 bridgehead atoms. The minimum absolute atomic E-state index is 0.221. The number of carbonyl (C=O) groups is 1. The molecule has 0 aromatic heterocycles. The van der Waals surface area contributed by atoms with Crippen LogP contribution in [0.15, 0.2) is 24.3 Å². The Kier molecular flexibility index (Phi) is 4.49. The highest BCUT2D eigenvalue weighted by atomic mass is 32.2. The third kappa shape index (κ3) is 3.77. The van der Waals surface area contributed by atoms with Gasteiger partial charge in [0.05, 0.1) is 0 Å². The number of benzene rings is 1. The summed E-state index contributed by atoms with van der Waals surface area (Å²) in [5.41, 5.74) is 2.42. The smallest absolute Gasteiger partial charge is 0.224 e. The monoisotopic (exact) mass is 249 g/mol. The van der Waals surface area contributed by atoms with Crippen molar-refractivity contribution in [3.63, 3.8) is 0 Å². The average molecular weight is 249 g/mol. The maximum absolute atomic E-state index is 11.9. The van der Waals surface area contributed by atoms with Crippen LogP contribution in [0.1, 0.15) is 24.0 Å². The number of hydrogen-bond donors (Lipinski definition) is 1. The fraction of sp³-hybridized carbons (Fsp3) is 0.500. The Morgan fingerprint density at radius 2 is 2.41 bits per heavy atom. The molecule has 0 saturated carbocycles. The topological polar surface area (TPSA) is 29.1 Å². The third-order valence-electron chi connectivity index (χ3n) is 3.08. The van der Waals surface area contributed by atoms with E-state index in [2.05, 4.69) is 30.4 Å². The minimum Gasteiger partial charge on any atom is -0.352 e. The molecule has 1 amide bonds. The molecule has 17 heavy (non-hydrogen) atoms. The largest absolute Gasteiger partial charge is 0.352 e. The van der Waals surface area contributed by atoms with Crippen molar-refractivity contribution >= 4 is 17.7 Å². The van der Waals surface area contributed by atoms with Crippen LogP contribution in [0, 0.1) is 12.8 Å². The van der Waals surface area contributed by atoms with Gasteiger partial charge in [-0.05, 0) is 31.1 Å². The first kappa shape index (κ1) is 12.5. The van der Waals surface area contributed by atoms with Gasteiger partial charge in [0, 0.05) is 18.2 Å². The molecule has 0 spiro atoms. The predicted octanol–water partition coefficient (Wildman–Crippen LogP) is 2.75. The molecule has 1 aliphatic rings. The van der Waals surface area contributed by atoms with Crippen molar-refractivity contribution < 1.29 is 4.79 Å². The fourth-order valence-electron chi connectivity index (χ4n) is 2.10. The first-order chi connectivity index (χ1) is 8.25. The van der Waals surface area contributed by atoms with Crippen LogP contribution in [0.25, 0.3) is 0 Å². The highest BCUT2D eigenvalue weighted by Crippen LogP contribution is 2.22. The van der Waals surface area contributed by atoms with Crippen LogP contribution in [-0.4, -0.2) is 17.4 Å². The predicted molar refractivity (Wildman–Crippen MR) is 73.1 cm³/mol. The quantitative estimate of drug-likeness (QED) is 0.892. The number of nitrogens with one attached hydrogen (secondary N) is 1. The molecule has 92 valence electrons. The van der Waals surface area contributed by atoms with Gasteiger partial charge in [0.1, 0.15) is 0 Å². The summed E-state index contributed by atoms with van der Waals surface area (Å²) in [6.07, 6.45) is 2.22. The molecule has 0 aliphatic carbocycles. The third-order valence-corrected chi connectivity index (χ3v) is 4.30. The Bertz CT molecular complexity index is 386. The summed E-state index contributed by atoms with van der Waals surface area (Å²) in [4.78, 5) is 11.9. The second-order valence-corrected chi connectivity index (χ2v) is 5.77. The molecular formula is C14H19NOS. The first-order valence-corrected chi connectivity index (χ1v) is 7.32. The van der Waals surface area contributed by atoms with Crippen molar-refractivity contribution in [1.29, 1.82) is 0 Å². The lowest BCUT2D eigenvalue weighted by Gasteiger charge is -2.20. The zero-order valence-electron chi connectivity index (χ0n) is 10.2. The van der Waals surface area contributed by atoms with Crippen molar-refractivity contribution in [2.24, 2.45) is 5.92 Å². The van der Waals surface area contributed by atoms with Gasteiger partial charge >= 0.3 is 0 Å². The summed E-state index contributed by atoms with van der Waals surface area (Å²) >= 11 is 1.89. The van der Waals surface area contributed by atoms with E-state index in [1.54, 1.807) is 0 Å². The molecule has 2 nitrogen and oxygen atoms in total. The fourth-order valence-corrected chi connectivity index (χ4v) is 3.24. The molecule has 1 unspecified atom stereocenters. The van der Waals surface area contributed by atoms with Crippen molar-refractivity contribution in [2.75, 3.05) is 11.5 Å². The van der Waals surface area contributed by atoms with Crippen LogP contribution in [-0.2, 0) is 11.3 Å². The molecule has 1 N–H and O–H groups in total. The average Bonchev–Trinajstić information content (AvgIpc) is 2.37. The van der Waals surface area contributed by atoms with Crippen molar-refractivity contribution in [3.8, 4) is 0 Å². The van der Waals surface area contributed by atoms with Gasteiger partial charge in [0.15, 0.2) is 0 Å². The Balaban J connectivity index is 1.83. The highest BCUT2D eigenvalue weighted by Gasteiger charge is 2.20. The van der Waals surface area contributed by atoms with Gasteiger partial charge < -0.3 is 5.32 Å². The summed E-state index contributed by atoms with van der Waals surface area (Å²) in [6, 6.07) is 8.29. The van der Waals surface area contributed by atoms with E-state index in [-0.39, 0.29) is 11.8 Å². The number of aryl methyl sites for hydroxylation is 1. The molecular weight excluding hydrogens is 230 g/mol. The van der Waals surface area contributed by atoms with Crippen LogP contribution < -0.4 is 5.32 Å². The summed E-state index contributed by atoms with van der Waals surface area (Å²) < 4.78 is 0. The molecule has 1 aromatic rings. The van der Waals surface area contributed by atoms with Crippen LogP contribution in [0.3, 0.4) is 0 Å². The Morgan fingerprint density at radius 3 is 3.12 bits per heavy atom. The van der Waals surface area contributed by atoms with Gasteiger partial charge in [-0.15, -0.1) is 0 Å². The van der Waals surface area contributed by atoms with E-state index in [0.29, 0.717) is 6.54 Å². The van der Waals surface area contributed by atoms with Gasteiger partial charge in [-0.3, -0.25) is 4.79 Å². The maximum Gasteiger partial charge on any atom is 0.224 e. The van der Waals surface area contributed by atoms with Gasteiger partial charge in [0.2, 0.25) is 5.91 Å². The van der Waals surface area contributed by atoms with E-state index in [9.17, 15) is 4.79 Å². The normalized spacial score (nSPS) is 19.9. The van der Waals surface area contributed by atoms with Crippen molar-refractivity contribution in [1.82, 2.24) is 5.32 Å². The Labute approximate surface area is 107 Å². The molecule has 0 radical (unpaired) electrons. The lowest BCUT2D eigenvalue weighted by atomic mass is 10.0. The molecule has 1 saturated heterocycles. The van der Waals surface area contributed by atoms with E-state index in [4.69, 9.17) is 0 Å². The van der Waals surface area contributed by atoms with Crippen LogP contribution in [0.5, 0.6) is 0 Å². The van der Waals surface area contributed by atoms with E-state index in [1.807, 2.05) is 17.8 Å². The van der Waals surface area contributed by atoms with Gasteiger partial charge in [-0.1, -0.05) is 29.8 Å². The van der Waals surface area contributed by atoms with Crippen LogP contribution >= 0.6 is 11.8 Å². The van der Waals surface area contributed by atoms with E-state index in [1.165, 1.54) is 23.3 Å². The molecule has 1 fully saturated rings. The minimum atomic E-state index is 0.221. The van der Waals surface area contributed by atoms with E-state index < -0.39 is 0 Å². The second-order valence-electron chi connectivity index (χ2n) is 4.62. The number of amides is 1. The zero-order chi connectivity index (χ0) is 12.1. The summed E-state index contributed by atoms with van der Waals surface area (Å²) in [5, 5.41) is 3.04. The zero-order valence-corrected chi connectivity index (χ0v) is 11.1. The lowest BCUT2D eigenvalue weighted by Crippen LogP contribution is -2.33. The Morgan fingerprint density at radius 1 is 1.53 bits per heavy atom. The number of rotatable bonds is 3. The Hall–Kier alpha value is -0.960. The molecule has 1 aliphatic heterocycles. The lowest BCUT2D eigenvalue weighted by molar-refractivity contribution is -0.124. The number of thioether (sulfide) groups is 1.